The van der Waals surface area contributed by atoms with Gasteiger partial charge in [0, 0.05) is 20.2 Å². The highest BCUT2D eigenvalue weighted by atomic mass is 35.5. The second-order valence-corrected chi connectivity index (χ2v) is 5.38. The lowest BCUT2D eigenvalue weighted by molar-refractivity contribution is 0.217. The largest absolute Gasteiger partial charge is 0.384 e. The highest BCUT2D eigenvalue weighted by molar-refractivity contribution is 7.89. The van der Waals surface area contributed by atoms with E-state index in [0.717, 1.165) is 25.1 Å². The van der Waals surface area contributed by atoms with E-state index in [-0.39, 0.29) is 24.8 Å². The van der Waals surface area contributed by atoms with E-state index >= 15 is 0 Å². The van der Waals surface area contributed by atoms with Gasteiger partial charge in [-0.3, -0.25) is 0 Å². The van der Waals surface area contributed by atoms with Crippen molar-refractivity contribution in [2.24, 2.45) is 0 Å². The third-order valence-electron chi connectivity index (χ3n) is 2.23. The summed E-state index contributed by atoms with van der Waals surface area (Å²) in [6.07, 6.45) is 2.94. The number of nitrogens with one attached hydrogen (secondary N) is 2. The molecule has 96 valence electrons. The number of sulfonamides is 1. The average molecular weight is 271 g/mol. The summed E-state index contributed by atoms with van der Waals surface area (Å²) in [5.74, 6) is 0.0228. The fourth-order valence-electron chi connectivity index (χ4n) is 1.30. The van der Waals surface area contributed by atoms with Crippen molar-refractivity contribution in [3.8, 4) is 0 Å². The lowest BCUT2D eigenvalue weighted by atomic mass is 10.1. The summed E-state index contributed by atoms with van der Waals surface area (Å²) in [7, 11) is -1.69. The van der Waals surface area contributed by atoms with Crippen molar-refractivity contribution in [2.45, 2.75) is 6.42 Å². The third kappa shape index (κ3) is 6.44. The quantitative estimate of drug-likeness (QED) is 0.661. The molecule has 5 nitrogen and oxygen atoms in total. The first-order chi connectivity index (χ1) is 7.14. The van der Waals surface area contributed by atoms with Crippen LogP contribution in [0.25, 0.3) is 0 Å². The summed E-state index contributed by atoms with van der Waals surface area (Å²) < 4.78 is 30.1. The van der Waals surface area contributed by atoms with Crippen molar-refractivity contribution < 1.29 is 13.2 Å². The minimum atomic E-state index is -3.18. The van der Waals surface area contributed by atoms with Crippen molar-refractivity contribution in [2.75, 3.05) is 39.1 Å². The van der Waals surface area contributed by atoms with Gasteiger partial charge in [0.1, 0.15) is 0 Å². The van der Waals surface area contributed by atoms with Gasteiger partial charge >= 0.3 is 0 Å². The molecule has 0 aromatic rings. The van der Waals surface area contributed by atoms with Crippen molar-refractivity contribution in [1.29, 1.82) is 0 Å². The first-order valence-electron chi connectivity index (χ1n) is 4.99. The van der Waals surface area contributed by atoms with E-state index in [0.29, 0.717) is 6.54 Å². The van der Waals surface area contributed by atoms with Crippen LogP contribution in [0.15, 0.2) is 11.6 Å². The zero-order valence-corrected chi connectivity index (χ0v) is 11.0. The fraction of sp³-hybridized carbons (Fsp3) is 0.778. The minimum absolute atomic E-state index is 0. The maximum absolute atomic E-state index is 11.4. The van der Waals surface area contributed by atoms with Crippen LogP contribution in [0.1, 0.15) is 6.42 Å². The Bertz CT molecular complexity index is 317. The maximum atomic E-state index is 11.4. The molecule has 1 rings (SSSR count). The monoisotopic (exact) mass is 270 g/mol. The normalized spacial score (nSPS) is 16.4. The van der Waals surface area contributed by atoms with E-state index in [4.69, 9.17) is 4.74 Å². The molecule has 0 saturated carbocycles. The molecule has 0 aromatic heterocycles. The molecular formula is C9H19ClN2O3S. The Morgan fingerprint density at radius 1 is 1.56 bits per heavy atom. The van der Waals surface area contributed by atoms with Gasteiger partial charge in [-0.15, -0.1) is 12.4 Å². The number of hydrogen-bond donors (Lipinski definition) is 2. The summed E-state index contributed by atoms with van der Waals surface area (Å²) in [5, 5.41) is 3.17. The van der Waals surface area contributed by atoms with Crippen molar-refractivity contribution in [3.05, 3.63) is 11.6 Å². The molecule has 0 spiro atoms. The van der Waals surface area contributed by atoms with Gasteiger partial charge in [0.25, 0.3) is 0 Å². The molecule has 0 aromatic carbocycles. The van der Waals surface area contributed by atoms with E-state index in [1.807, 2.05) is 6.08 Å². The van der Waals surface area contributed by atoms with Crippen LogP contribution in [0.5, 0.6) is 0 Å². The van der Waals surface area contributed by atoms with E-state index < -0.39 is 10.0 Å². The Kier molecular flexibility index (Phi) is 7.96. The van der Waals surface area contributed by atoms with Crippen molar-refractivity contribution in [1.82, 2.24) is 10.0 Å². The van der Waals surface area contributed by atoms with Gasteiger partial charge in [0.15, 0.2) is 0 Å². The van der Waals surface area contributed by atoms with E-state index in [1.165, 1.54) is 7.11 Å². The van der Waals surface area contributed by atoms with Gasteiger partial charge in [0.2, 0.25) is 10.0 Å². The van der Waals surface area contributed by atoms with Crippen molar-refractivity contribution in [3.63, 3.8) is 0 Å². The average Bonchev–Trinajstić information content (AvgIpc) is 2.25. The Morgan fingerprint density at radius 2 is 2.31 bits per heavy atom. The lowest BCUT2D eigenvalue weighted by Crippen LogP contribution is -2.32. The lowest BCUT2D eigenvalue weighted by Gasteiger charge is -2.14. The summed E-state index contributed by atoms with van der Waals surface area (Å²) in [6.45, 7) is 2.41. The maximum Gasteiger partial charge on any atom is 0.214 e. The number of methoxy groups -OCH3 is 1. The van der Waals surface area contributed by atoms with Crippen LogP contribution in [0, 0.1) is 0 Å². The summed E-state index contributed by atoms with van der Waals surface area (Å²) in [4.78, 5) is 0. The Balaban J connectivity index is 0.00000225. The first-order valence-corrected chi connectivity index (χ1v) is 6.64. The first kappa shape index (κ1) is 15.9. The number of hydrogen-bond acceptors (Lipinski definition) is 4. The van der Waals surface area contributed by atoms with Gasteiger partial charge in [-0.2, -0.15) is 0 Å². The van der Waals surface area contributed by atoms with Crippen LogP contribution in [0.2, 0.25) is 0 Å². The van der Waals surface area contributed by atoms with Crippen molar-refractivity contribution >= 4 is 22.4 Å². The summed E-state index contributed by atoms with van der Waals surface area (Å²) in [6, 6.07) is 0. The van der Waals surface area contributed by atoms with Crippen LogP contribution >= 0.6 is 12.4 Å². The molecule has 1 heterocycles. The Morgan fingerprint density at radius 3 is 2.88 bits per heavy atom. The van der Waals surface area contributed by atoms with Gasteiger partial charge in [0.05, 0.1) is 12.4 Å². The predicted octanol–water partition coefficient (Wildman–Crippen LogP) is -0.106. The Hall–Kier alpha value is -0.140. The predicted molar refractivity (Wildman–Crippen MR) is 66.5 cm³/mol. The SMILES string of the molecule is COCCS(=O)(=O)NCC1=CCNCC1.Cl. The molecule has 16 heavy (non-hydrogen) atoms. The molecule has 2 N–H and O–H groups in total. The van der Waals surface area contributed by atoms with Crippen LogP contribution < -0.4 is 10.0 Å². The second-order valence-electron chi connectivity index (χ2n) is 3.45. The molecule has 7 heteroatoms. The molecule has 0 aliphatic carbocycles. The van der Waals surface area contributed by atoms with Crippen LogP contribution in [-0.2, 0) is 14.8 Å². The second kappa shape index (κ2) is 8.03. The van der Waals surface area contributed by atoms with Crippen LogP contribution in [0.4, 0.5) is 0 Å². The zero-order valence-electron chi connectivity index (χ0n) is 9.36. The van der Waals surface area contributed by atoms with E-state index in [2.05, 4.69) is 10.0 Å². The summed E-state index contributed by atoms with van der Waals surface area (Å²) in [5.41, 5.74) is 1.15. The molecule has 0 saturated heterocycles. The highest BCUT2D eigenvalue weighted by Crippen LogP contribution is 2.02. The van der Waals surface area contributed by atoms with Gasteiger partial charge < -0.3 is 10.1 Å². The van der Waals surface area contributed by atoms with Gasteiger partial charge in [-0.25, -0.2) is 13.1 Å². The molecular weight excluding hydrogens is 252 g/mol. The highest BCUT2D eigenvalue weighted by Gasteiger charge is 2.11. The standard InChI is InChI=1S/C9H18N2O3S.ClH/c1-14-6-7-15(12,13)11-8-9-2-4-10-5-3-9;/h2,10-11H,3-8H2,1H3;1H. The van der Waals surface area contributed by atoms with E-state index in [9.17, 15) is 8.42 Å². The van der Waals surface area contributed by atoms with Crippen LogP contribution in [0.3, 0.4) is 0 Å². The zero-order chi connectivity index (χ0) is 11.1. The molecule has 0 fully saturated rings. The number of ether oxygens (including phenoxy) is 1. The van der Waals surface area contributed by atoms with Gasteiger partial charge in [-0.05, 0) is 13.0 Å². The van der Waals surface area contributed by atoms with E-state index in [1.54, 1.807) is 0 Å². The summed E-state index contributed by atoms with van der Waals surface area (Å²) >= 11 is 0. The van der Waals surface area contributed by atoms with Crippen LogP contribution in [-0.4, -0.2) is 47.5 Å². The molecule has 0 amide bonds. The third-order valence-corrected chi connectivity index (χ3v) is 3.52. The molecule has 0 atom stereocenters. The molecule has 0 radical (unpaired) electrons. The fourth-order valence-corrected chi connectivity index (χ4v) is 2.23. The molecule has 0 bridgehead atoms. The number of halogens is 1. The molecule has 0 unspecified atom stereocenters. The topological polar surface area (TPSA) is 67.4 Å². The van der Waals surface area contributed by atoms with Gasteiger partial charge in [-0.1, -0.05) is 11.6 Å². The molecule has 1 aliphatic rings. The number of rotatable bonds is 6. The smallest absolute Gasteiger partial charge is 0.214 e. The Labute approximate surface area is 103 Å². The minimum Gasteiger partial charge on any atom is -0.384 e. The molecule has 1 aliphatic heterocycles.